The van der Waals surface area contributed by atoms with Crippen molar-refractivity contribution in [1.82, 2.24) is 43.6 Å². The Morgan fingerprint density at radius 3 is 2.34 bits per heavy atom. The van der Waals surface area contributed by atoms with Crippen LogP contribution in [-0.4, -0.2) is 68.0 Å². The van der Waals surface area contributed by atoms with Crippen LogP contribution in [0.25, 0.3) is 44.5 Å². The van der Waals surface area contributed by atoms with Crippen molar-refractivity contribution in [3.05, 3.63) is 76.4 Å². The summed E-state index contributed by atoms with van der Waals surface area (Å²) in [5.74, 6) is 0.109. The molecule has 1 atom stereocenters. The Morgan fingerprint density at radius 2 is 1.60 bits per heavy atom. The minimum atomic E-state index is -0.549. The minimum absolute atomic E-state index is 0.0352. The maximum atomic E-state index is 13.8. The van der Waals surface area contributed by atoms with Gasteiger partial charge >= 0.3 is 0 Å². The second-order valence-corrected chi connectivity index (χ2v) is 15.0. The van der Waals surface area contributed by atoms with Gasteiger partial charge in [0, 0.05) is 53.8 Å². The van der Waals surface area contributed by atoms with E-state index in [2.05, 4.69) is 31.6 Å². The SMILES string of the molecule is CCCCOc1cc(C(N)=O)cc2c3cnc(-c4cc(C)nn4CC)nc3n(CCCC3CCc4cc(C(N)=O)cc5nc(NC(=O)c6cc(C)nn6CC)n3c45)c12. The number of imidazole rings is 1. The van der Waals surface area contributed by atoms with E-state index in [9.17, 15) is 14.4 Å². The van der Waals surface area contributed by atoms with E-state index in [1.165, 1.54) is 0 Å². The molecule has 0 bridgehead atoms. The van der Waals surface area contributed by atoms with Crippen molar-refractivity contribution in [3.63, 3.8) is 0 Å². The number of rotatable bonds is 15. The number of aryl methyl sites for hydroxylation is 6. The maximum absolute atomic E-state index is 13.8. The van der Waals surface area contributed by atoms with Crippen LogP contribution in [0.1, 0.15) is 107 Å². The number of primary amides is 2. The van der Waals surface area contributed by atoms with E-state index in [0.717, 1.165) is 70.1 Å². The molecule has 1 aliphatic rings. The van der Waals surface area contributed by atoms with Crippen molar-refractivity contribution in [3.8, 4) is 17.3 Å². The van der Waals surface area contributed by atoms with Gasteiger partial charge in [-0.15, -0.1) is 0 Å². The smallest absolute Gasteiger partial charge is 0.276 e. The first-order valence-electron chi connectivity index (χ1n) is 20.0. The molecule has 0 radical (unpaired) electrons. The summed E-state index contributed by atoms with van der Waals surface area (Å²) in [7, 11) is 0. The van der Waals surface area contributed by atoms with Gasteiger partial charge in [0.05, 0.1) is 34.5 Å². The number of ether oxygens (including phenoxy) is 1. The Kier molecular flexibility index (Phi) is 10.2. The van der Waals surface area contributed by atoms with E-state index >= 15 is 0 Å². The van der Waals surface area contributed by atoms with Gasteiger partial charge in [-0.2, -0.15) is 10.2 Å². The standard InChI is InChI=1S/C42H48N12O4/c1-6-9-15-58-34-21-27(38(44)56)19-29-30-22-45-39(32-16-23(4)49-52(32)7-2)47-40(30)51(36(29)34)14-10-11-28-13-12-25-18-26(37(43)55)20-31-35(25)54(28)42(46-31)48-41(57)33-17-24(5)50-53(33)8-3/h16-22,28H,6-15H2,1-5H3,(H2,43,55)(H2,44,56)(H,46,48,57). The Hall–Kier alpha value is -6.58. The van der Waals surface area contributed by atoms with Crippen LogP contribution in [0.4, 0.5) is 5.95 Å². The van der Waals surface area contributed by atoms with Crippen molar-refractivity contribution in [2.45, 2.75) is 98.8 Å². The Labute approximate surface area is 334 Å². The van der Waals surface area contributed by atoms with E-state index in [1.54, 1.807) is 35.1 Å². The highest BCUT2D eigenvalue weighted by Crippen LogP contribution is 2.40. The Bertz CT molecular complexity index is 2750. The molecule has 58 heavy (non-hydrogen) atoms. The van der Waals surface area contributed by atoms with Crippen LogP contribution in [0.3, 0.4) is 0 Å². The number of hydrogen-bond acceptors (Lipinski definition) is 9. The number of carbonyl (C=O) groups is 3. The van der Waals surface area contributed by atoms with Crippen molar-refractivity contribution in [2.75, 3.05) is 11.9 Å². The molecule has 1 unspecified atom stereocenters. The van der Waals surface area contributed by atoms with Gasteiger partial charge < -0.3 is 25.3 Å². The van der Waals surface area contributed by atoms with Crippen LogP contribution < -0.4 is 21.5 Å². The van der Waals surface area contributed by atoms with Gasteiger partial charge in [0.25, 0.3) is 5.91 Å². The molecule has 0 aliphatic carbocycles. The molecule has 8 rings (SSSR count). The minimum Gasteiger partial charge on any atom is -0.491 e. The third-order valence-electron chi connectivity index (χ3n) is 11.0. The van der Waals surface area contributed by atoms with Crippen LogP contribution in [0.2, 0.25) is 0 Å². The normalized spacial score (nSPS) is 13.8. The van der Waals surface area contributed by atoms with Crippen molar-refractivity contribution < 1.29 is 19.1 Å². The fourth-order valence-electron chi connectivity index (χ4n) is 8.29. The molecular weight excluding hydrogens is 737 g/mol. The van der Waals surface area contributed by atoms with Gasteiger partial charge in [-0.3, -0.25) is 29.1 Å². The summed E-state index contributed by atoms with van der Waals surface area (Å²) in [6, 6.07) is 10.8. The summed E-state index contributed by atoms with van der Waals surface area (Å²) in [5, 5.41) is 13.7. The molecule has 0 fully saturated rings. The van der Waals surface area contributed by atoms with Crippen molar-refractivity contribution in [1.29, 1.82) is 0 Å². The fourth-order valence-corrected chi connectivity index (χ4v) is 8.29. The first-order valence-corrected chi connectivity index (χ1v) is 20.0. The van der Waals surface area contributed by atoms with Gasteiger partial charge in [-0.1, -0.05) is 13.3 Å². The second kappa shape index (κ2) is 15.4. The number of hydrogen-bond donors (Lipinski definition) is 3. The zero-order valence-corrected chi connectivity index (χ0v) is 33.5. The summed E-state index contributed by atoms with van der Waals surface area (Å²) in [5.41, 5.74) is 19.1. The molecule has 7 aromatic rings. The molecule has 0 spiro atoms. The lowest BCUT2D eigenvalue weighted by Crippen LogP contribution is -2.23. The number of aromatic nitrogens is 9. The highest BCUT2D eigenvalue weighted by atomic mass is 16.5. The predicted octanol–water partition coefficient (Wildman–Crippen LogP) is 6.25. The average molecular weight is 785 g/mol. The van der Waals surface area contributed by atoms with Gasteiger partial charge in [0.15, 0.2) is 5.82 Å². The van der Waals surface area contributed by atoms with Gasteiger partial charge in [0.1, 0.15) is 22.8 Å². The van der Waals surface area contributed by atoms with Crippen LogP contribution in [-0.2, 0) is 26.1 Å². The topological polar surface area (TPSA) is 209 Å². The zero-order valence-electron chi connectivity index (χ0n) is 33.5. The lowest BCUT2D eigenvalue weighted by molar-refractivity contribution is 0.0991. The Morgan fingerprint density at radius 1 is 0.862 bits per heavy atom. The summed E-state index contributed by atoms with van der Waals surface area (Å²) in [6.07, 6.45) is 6.50. The molecule has 0 saturated heterocycles. The summed E-state index contributed by atoms with van der Waals surface area (Å²) in [6.45, 7) is 12.1. The first kappa shape index (κ1) is 38.3. The van der Waals surface area contributed by atoms with E-state index in [4.69, 9.17) is 31.2 Å². The molecule has 16 nitrogen and oxygen atoms in total. The predicted molar refractivity (Wildman–Crippen MR) is 221 cm³/mol. The molecule has 2 aromatic carbocycles. The monoisotopic (exact) mass is 784 g/mol. The number of amides is 3. The maximum Gasteiger partial charge on any atom is 0.276 e. The summed E-state index contributed by atoms with van der Waals surface area (Å²) in [4.78, 5) is 53.5. The van der Waals surface area contributed by atoms with E-state index in [1.807, 2.05) is 44.5 Å². The zero-order chi connectivity index (χ0) is 40.8. The quantitative estimate of drug-likeness (QED) is 0.100. The number of benzene rings is 2. The van der Waals surface area contributed by atoms with Crippen molar-refractivity contribution >= 4 is 56.6 Å². The Balaban J connectivity index is 1.20. The number of anilines is 1. The highest BCUT2D eigenvalue weighted by Gasteiger charge is 2.29. The third-order valence-corrected chi connectivity index (χ3v) is 11.0. The molecule has 1 aliphatic heterocycles. The average Bonchev–Trinajstić information content (AvgIpc) is 3.97. The van der Waals surface area contributed by atoms with Crippen LogP contribution in [0.5, 0.6) is 5.75 Å². The van der Waals surface area contributed by atoms with Gasteiger partial charge in [-0.05, 0) is 102 Å². The summed E-state index contributed by atoms with van der Waals surface area (Å²) >= 11 is 0. The van der Waals surface area contributed by atoms with Crippen LogP contribution in [0.15, 0.2) is 42.6 Å². The van der Waals surface area contributed by atoms with E-state index in [0.29, 0.717) is 84.6 Å². The van der Waals surface area contributed by atoms with Crippen molar-refractivity contribution in [2.24, 2.45) is 11.5 Å². The van der Waals surface area contributed by atoms with Gasteiger partial charge in [0.2, 0.25) is 17.8 Å². The number of nitrogens with two attached hydrogens (primary N) is 2. The molecule has 3 amide bonds. The lowest BCUT2D eigenvalue weighted by Gasteiger charge is -2.27. The highest BCUT2D eigenvalue weighted by molar-refractivity contribution is 6.12. The molecule has 5 N–H and O–H groups in total. The molecular formula is C42H48N12O4. The number of carbonyl (C=O) groups excluding carboxylic acids is 3. The number of unbranched alkanes of at least 4 members (excludes halogenated alkanes) is 1. The van der Waals surface area contributed by atoms with Gasteiger partial charge in [-0.25, -0.2) is 15.0 Å². The molecule has 5 aromatic heterocycles. The molecule has 300 valence electrons. The van der Waals surface area contributed by atoms with Crippen LogP contribution >= 0.6 is 0 Å². The first-order chi connectivity index (χ1) is 28.0. The third kappa shape index (κ3) is 6.81. The molecule has 6 heterocycles. The lowest BCUT2D eigenvalue weighted by atomic mass is 9.94. The molecule has 0 saturated carbocycles. The molecule has 16 heteroatoms. The number of nitrogens with zero attached hydrogens (tertiary/aromatic N) is 9. The summed E-state index contributed by atoms with van der Waals surface area (Å²) < 4.78 is 14.2. The number of fused-ring (bicyclic) bond motifs is 3. The number of nitrogens with one attached hydrogen (secondary N) is 1. The fraction of sp³-hybridized carbons (Fsp3) is 0.381. The van der Waals surface area contributed by atoms with E-state index in [-0.39, 0.29) is 11.9 Å². The second-order valence-electron chi connectivity index (χ2n) is 15.0. The van der Waals surface area contributed by atoms with E-state index < -0.39 is 11.8 Å². The van der Waals surface area contributed by atoms with Crippen LogP contribution in [0, 0.1) is 13.8 Å². The largest absolute Gasteiger partial charge is 0.491 e.